The van der Waals surface area contributed by atoms with Gasteiger partial charge in [-0.1, -0.05) is 220 Å². The van der Waals surface area contributed by atoms with Crippen molar-refractivity contribution in [2.24, 2.45) is 0 Å². The lowest BCUT2D eigenvalue weighted by Crippen LogP contribution is -1.95. The average Bonchev–Trinajstić information content (AvgIpc) is 3.31. The highest BCUT2D eigenvalue weighted by Gasteiger charge is 2.18. The second-order valence-electron chi connectivity index (χ2n) is 17.3. The molecule has 0 saturated heterocycles. The molecule has 0 unspecified atom stereocenters. The molecule has 334 valence electrons. The first kappa shape index (κ1) is 49.1. The summed E-state index contributed by atoms with van der Waals surface area (Å²) in [6.45, 7) is 8.80. The third kappa shape index (κ3) is 14.8. The van der Waals surface area contributed by atoms with Crippen molar-refractivity contribution in [1.82, 2.24) is 0 Å². The van der Waals surface area contributed by atoms with Gasteiger partial charge in [0.05, 0.1) is 0 Å². The molecule has 0 aliphatic carbocycles. The summed E-state index contributed by atoms with van der Waals surface area (Å²) >= 11 is 0. The summed E-state index contributed by atoms with van der Waals surface area (Å²) in [5, 5.41) is 0. The van der Waals surface area contributed by atoms with Crippen LogP contribution in [0, 0.1) is 23.3 Å². The van der Waals surface area contributed by atoms with E-state index in [0.717, 1.165) is 38.5 Å². The van der Waals surface area contributed by atoms with Crippen molar-refractivity contribution in [3.8, 4) is 44.5 Å². The lowest BCUT2D eigenvalue weighted by molar-refractivity contribution is 0.514. The molecule has 0 spiro atoms. The predicted molar refractivity (Wildman–Crippen MR) is 261 cm³/mol. The van der Waals surface area contributed by atoms with Gasteiger partial charge in [0.15, 0.2) is 23.3 Å². The number of benzene rings is 6. The second kappa shape index (κ2) is 26.6. The van der Waals surface area contributed by atoms with Gasteiger partial charge in [-0.05, 0) is 95.9 Å². The van der Waals surface area contributed by atoms with Crippen LogP contribution in [0.5, 0.6) is 0 Å². The number of halogens is 4. The van der Waals surface area contributed by atoms with Gasteiger partial charge in [-0.2, -0.15) is 0 Å². The van der Waals surface area contributed by atoms with Crippen molar-refractivity contribution >= 4 is 0 Å². The molecule has 0 atom stereocenters. The summed E-state index contributed by atoms with van der Waals surface area (Å²) in [5.74, 6) is -3.11. The molecule has 6 aromatic carbocycles. The number of rotatable bonds is 23. The Labute approximate surface area is 377 Å². The van der Waals surface area contributed by atoms with Crippen molar-refractivity contribution in [2.45, 2.75) is 150 Å². The maximum Gasteiger partial charge on any atom is 0.167 e. The number of hydrogen-bond donors (Lipinski definition) is 0. The molecule has 4 heteroatoms. The lowest BCUT2D eigenvalue weighted by atomic mass is 9.96. The van der Waals surface area contributed by atoms with E-state index in [1.807, 2.05) is 97.1 Å². The van der Waals surface area contributed by atoms with Gasteiger partial charge < -0.3 is 0 Å². The second-order valence-corrected chi connectivity index (χ2v) is 17.3. The first-order valence-electron chi connectivity index (χ1n) is 24.1. The molecule has 0 bridgehead atoms. The third-order valence-corrected chi connectivity index (χ3v) is 12.3. The van der Waals surface area contributed by atoms with Crippen molar-refractivity contribution in [1.29, 1.82) is 0 Å². The van der Waals surface area contributed by atoms with Crippen LogP contribution in [-0.2, 0) is 25.7 Å². The highest BCUT2D eigenvalue weighted by atomic mass is 19.2. The van der Waals surface area contributed by atoms with Gasteiger partial charge in [-0.15, -0.1) is 0 Å². The van der Waals surface area contributed by atoms with Crippen LogP contribution in [-0.4, -0.2) is 0 Å². The molecule has 0 N–H and O–H groups in total. The van der Waals surface area contributed by atoms with Crippen LogP contribution in [0.2, 0.25) is 0 Å². The Morgan fingerprint density at radius 2 is 0.429 bits per heavy atom. The smallest absolute Gasteiger partial charge is 0.167 e. The van der Waals surface area contributed by atoms with Crippen molar-refractivity contribution < 1.29 is 17.6 Å². The standard InChI is InChI=1S/C30H36F2.C29H34F2/c1-3-5-7-8-10-12-24-15-19-26(20-16-24)28-22-21-27(29(31)30(28)32)25-17-13-23(14-18-25)11-9-6-4-2;1-3-5-7-9-11-23-14-18-25(19-15-23)27-21-20-26(28(30)29(27)31)24-16-12-22(13-17-24)10-8-6-4-2/h13-22H,3-12H2,1-2H3;12-21H,3-11H2,1-2H3. The summed E-state index contributed by atoms with van der Waals surface area (Å²) in [7, 11) is 0. The van der Waals surface area contributed by atoms with E-state index in [2.05, 4.69) is 27.7 Å². The van der Waals surface area contributed by atoms with E-state index < -0.39 is 23.3 Å². The Bertz CT molecular complexity index is 2220. The number of aryl methyl sites for hydroxylation is 4. The zero-order valence-electron chi connectivity index (χ0n) is 38.5. The minimum Gasteiger partial charge on any atom is -0.203 e. The fraction of sp³-hybridized carbons (Fsp3) is 0.390. The van der Waals surface area contributed by atoms with Gasteiger partial charge in [0.2, 0.25) is 0 Å². The minimum absolute atomic E-state index is 0.314. The maximum atomic E-state index is 15.0. The van der Waals surface area contributed by atoms with E-state index >= 15 is 0 Å². The third-order valence-electron chi connectivity index (χ3n) is 12.3. The Balaban J connectivity index is 0.000000238. The molecule has 0 aromatic heterocycles. The van der Waals surface area contributed by atoms with Crippen molar-refractivity contribution in [3.05, 3.63) is 167 Å². The predicted octanol–water partition coefficient (Wildman–Crippen LogP) is 18.7. The Kier molecular flexibility index (Phi) is 20.7. The van der Waals surface area contributed by atoms with Crippen molar-refractivity contribution in [2.75, 3.05) is 0 Å². The van der Waals surface area contributed by atoms with Gasteiger partial charge in [-0.3, -0.25) is 0 Å². The van der Waals surface area contributed by atoms with Gasteiger partial charge in [0.25, 0.3) is 0 Å². The van der Waals surface area contributed by atoms with E-state index in [9.17, 15) is 17.6 Å². The number of unbranched alkanes of at least 4 members (excludes halogenated alkanes) is 11. The zero-order chi connectivity index (χ0) is 44.8. The fourth-order valence-electron chi connectivity index (χ4n) is 8.24. The van der Waals surface area contributed by atoms with E-state index in [0.29, 0.717) is 44.5 Å². The molecule has 0 saturated carbocycles. The highest BCUT2D eigenvalue weighted by Crippen LogP contribution is 2.34. The summed E-state index contributed by atoms with van der Waals surface area (Å²) in [5.41, 5.74) is 9.10. The molecule has 0 aliphatic rings. The quantitative estimate of drug-likeness (QED) is 0.0445. The van der Waals surface area contributed by atoms with Gasteiger partial charge in [-0.25, -0.2) is 17.6 Å². The zero-order valence-corrected chi connectivity index (χ0v) is 38.5. The molecule has 63 heavy (non-hydrogen) atoms. The summed E-state index contributed by atoms with van der Waals surface area (Å²) < 4.78 is 59.8. The number of hydrogen-bond acceptors (Lipinski definition) is 0. The molecule has 0 heterocycles. The summed E-state index contributed by atoms with van der Waals surface area (Å²) in [6, 6.07) is 38.2. The Morgan fingerprint density at radius 1 is 0.238 bits per heavy atom. The summed E-state index contributed by atoms with van der Waals surface area (Å²) in [6.07, 6.45) is 22.4. The van der Waals surface area contributed by atoms with Crippen LogP contribution in [0.15, 0.2) is 121 Å². The van der Waals surface area contributed by atoms with Gasteiger partial charge in [0, 0.05) is 22.3 Å². The molecule has 0 fully saturated rings. The van der Waals surface area contributed by atoms with Crippen LogP contribution < -0.4 is 0 Å². The Morgan fingerprint density at radius 3 is 0.667 bits per heavy atom. The monoisotopic (exact) mass is 855 g/mol. The summed E-state index contributed by atoms with van der Waals surface area (Å²) in [4.78, 5) is 0. The van der Waals surface area contributed by atoms with E-state index in [1.165, 1.54) is 106 Å². The lowest BCUT2D eigenvalue weighted by Gasteiger charge is -2.11. The van der Waals surface area contributed by atoms with Crippen LogP contribution in [0.25, 0.3) is 44.5 Å². The topological polar surface area (TPSA) is 0 Å². The van der Waals surface area contributed by atoms with Crippen LogP contribution in [0.3, 0.4) is 0 Å². The molecule has 0 amide bonds. The fourth-order valence-corrected chi connectivity index (χ4v) is 8.24. The van der Waals surface area contributed by atoms with E-state index in [1.54, 1.807) is 24.3 Å². The minimum atomic E-state index is -0.778. The SMILES string of the molecule is CCCCCCCc1ccc(-c2ccc(-c3ccc(CCCCC)cc3)c(F)c2F)cc1.CCCCCCc1ccc(-c2ccc(-c3ccc(CCCCC)cc3)c(F)c2F)cc1. The molecule has 0 radical (unpaired) electrons. The first-order valence-corrected chi connectivity index (χ1v) is 24.1. The van der Waals surface area contributed by atoms with E-state index in [-0.39, 0.29) is 0 Å². The van der Waals surface area contributed by atoms with Crippen LogP contribution >= 0.6 is 0 Å². The molecule has 0 aliphatic heterocycles. The molecular weight excluding hydrogens is 785 g/mol. The molecule has 6 aromatic rings. The molecule has 6 rings (SSSR count). The van der Waals surface area contributed by atoms with Crippen LogP contribution in [0.4, 0.5) is 17.6 Å². The van der Waals surface area contributed by atoms with Gasteiger partial charge >= 0.3 is 0 Å². The normalized spacial score (nSPS) is 11.1. The largest absolute Gasteiger partial charge is 0.203 e. The highest BCUT2D eigenvalue weighted by molar-refractivity contribution is 5.73. The Hall–Kier alpha value is -4.96. The van der Waals surface area contributed by atoms with Crippen LogP contribution in [0.1, 0.15) is 146 Å². The van der Waals surface area contributed by atoms with Crippen molar-refractivity contribution in [3.63, 3.8) is 0 Å². The van der Waals surface area contributed by atoms with E-state index in [4.69, 9.17) is 0 Å². The first-order chi connectivity index (χ1) is 30.8. The average molecular weight is 855 g/mol. The molecular formula is C59H70F4. The molecule has 0 nitrogen and oxygen atoms in total. The van der Waals surface area contributed by atoms with Gasteiger partial charge in [0.1, 0.15) is 0 Å². The maximum absolute atomic E-state index is 15.0.